The zero-order valence-corrected chi connectivity index (χ0v) is 9.19. The van der Waals surface area contributed by atoms with Gasteiger partial charge in [0.15, 0.2) is 5.69 Å². The number of rotatable bonds is 2. The molecule has 0 bridgehead atoms. The average molecular weight is 238 g/mol. The summed E-state index contributed by atoms with van der Waals surface area (Å²) in [6.45, 7) is 0. The van der Waals surface area contributed by atoms with E-state index in [4.69, 9.17) is 16.0 Å². The van der Waals surface area contributed by atoms with Crippen molar-refractivity contribution in [3.8, 4) is 11.5 Å². The Bertz CT molecular complexity index is 521. The molecule has 0 spiro atoms. The van der Waals surface area contributed by atoms with E-state index < -0.39 is 5.97 Å². The summed E-state index contributed by atoms with van der Waals surface area (Å²) >= 11 is 5.97. The van der Waals surface area contributed by atoms with Crippen molar-refractivity contribution >= 4 is 17.6 Å². The minimum atomic E-state index is -0.540. The lowest BCUT2D eigenvalue weighted by molar-refractivity contribution is 0.0594. The third kappa shape index (κ3) is 1.92. The molecule has 0 aliphatic carbocycles. The van der Waals surface area contributed by atoms with E-state index in [2.05, 4.69) is 9.72 Å². The van der Waals surface area contributed by atoms with Gasteiger partial charge < -0.3 is 9.15 Å². The number of aromatic nitrogens is 1. The summed E-state index contributed by atoms with van der Waals surface area (Å²) in [6.07, 6.45) is 1.24. The lowest BCUT2D eigenvalue weighted by Crippen LogP contribution is -2.00. The van der Waals surface area contributed by atoms with Gasteiger partial charge in [-0.1, -0.05) is 23.7 Å². The van der Waals surface area contributed by atoms with Gasteiger partial charge in [-0.3, -0.25) is 0 Å². The fourth-order valence-corrected chi connectivity index (χ4v) is 1.45. The molecular weight excluding hydrogens is 230 g/mol. The molecule has 2 aromatic rings. The summed E-state index contributed by atoms with van der Waals surface area (Å²) in [5, 5.41) is 0.515. The highest BCUT2D eigenvalue weighted by Gasteiger charge is 2.14. The van der Waals surface area contributed by atoms with Crippen molar-refractivity contribution in [1.82, 2.24) is 4.98 Å². The van der Waals surface area contributed by atoms with Crippen LogP contribution in [0.15, 0.2) is 34.9 Å². The minimum absolute atomic E-state index is 0.123. The monoisotopic (exact) mass is 237 g/mol. The van der Waals surface area contributed by atoms with Crippen molar-refractivity contribution in [2.24, 2.45) is 0 Å². The highest BCUT2D eigenvalue weighted by atomic mass is 35.5. The SMILES string of the molecule is COC(=O)c1coc(-c2ccccc2Cl)n1. The summed E-state index contributed by atoms with van der Waals surface area (Å²) in [6, 6.07) is 7.09. The maximum atomic E-state index is 11.2. The van der Waals surface area contributed by atoms with Gasteiger partial charge in [0, 0.05) is 0 Å². The van der Waals surface area contributed by atoms with Crippen molar-refractivity contribution < 1.29 is 13.9 Å². The predicted molar refractivity (Wildman–Crippen MR) is 58.3 cm³/mol. The van der Waals surface area contributed by atoms with E-state index >= 15 is 0 Å². The van der Waals surface area contributed by atoms with E-state index in [-0.39, 0.29) is 5.69 Å². The maximum absolute atomic E-state index is 11.2. The Morgan fingerprint density at radius 1 is 1.44 bits per heavy atom. The number of benzene rings is 1. The van der Waals surface area contributed by atoms with Gasteiger partial charge in [-0.25, -0.2) is 9.78 Å². The molecule has 0 atom stereocenters. The van der Waals surface area contributed by atoms with Crippen LogP contribution < -0.4 is 0 Å². The van der Waals surface area contributed by atoms with Crippen LogP contribution in [0.5, 0.6) is 0 Å². The molecular formula is C11H8ClNO3. The number of hydrogen-bond donors (Lipinski definition) is 0. The second kappa shape index (κ2) is 4.37. The molecule has 0 amide bonds. The van der Waals surface area contributed by atoms with E-state index in [0.717, 1.165) is 0 Å². The Balaban J connectivity index is 2.39. The first-order chi connectivity index (χ1) is 7.72. The highest BCUT2D eigenvalue weighted by molar-refractivity contribution is 6.33. The van der Waals surface area contributed by atoms with E-state index in [0.29, 0.717) is 16.5 Å². The summed E-state index contributed by atoms with van der Waals surface area (Å²) in [7, 11) is 1.28. The first kappa shape index (κ1) is 10.7. The molecule has 0 aliphatic heterocycles. The molecule has 0 radical (unpaired) electrons. The fourth-order valence-electron chi connectivity index (χ4n) is 1.23. The fraction of sp³-hybridized carbons (Fsp3) is 0.0909. The zero-order chi connectivity index (χ0) is 11.5. The standard InChI is InChI=1S/C11H8ClNO3/c1-15-11(14)9-6-16-10(13-9)7-4-2-3-5-8(7)12/h2-6H,1H3. The number of ether oxygens (including phenoxy) is 1. The van der Waals surface area contributed by atoms with Crippen LogP contribution in [0.1, 0.15) is 10.5 Å². The molecule has 1 aromatic carbocycles. The van der Waals surface area contributed by atoms with Crippen molar-refractivity contribution in [3.05, 3.63) is 41.2 Å². The second-order valence-corrected chi connectivity index (χ2v) is 3.42. The molecule has 0 N–H and O–H groups in total. The molecule has 16 heavy (non-hydrogen) atoms. The average Bonchev–Trinajstić information content (AvgIpc) is 2.78. The van der Waals surface area contributed by atoms with Crippen LogP contribution in [0.3, 0.4) is 0 Å². The van der Waals surface area contributed by atoms with Crippen LogP contribution in [-0.4, -0.2) is 18.1 Å². The first-order valence-corrected chi connectivity index (χ1v) is 4.89. The molecule has 0 fully saturated rings. The van der Waals surface area contributed by atoms with Gasteiger partial charge in [0.25, 0.3) is 0 Å². The van der Waals surface area contributed by atoms with Gasteiger partial charge in [0.2, 0.25) is 5.89 Å². The Morgan fingerprint density at radius 2 is 2.19 bits per heavy atom. The predicted octanol–water partition coefficient (Wildman–Crippen LogP) is 2.78. The smallest absolute Gasteiger partial charge is 0.360 e. The number of oxazole rings is 1. The lowest BCUT2D eigenvalue weighted by atomic mass is 10.2. The van der Waals surface area contributed by atoms with Crippen LogP contribution in [0.25, 0.3) is 11.5 Å². The number of esters is 1. The minimum Gasteiger partial charge on any atom is -0.464 e. The lowest BCUT2D eigenvalue weighted by Gasteiger charge is -1.97. The number of carbonyl (C=O) groups is 1. The number of hydrogen-bond acceptors (Lipinski definition) is 4. The highest BCUT2D eigenvalue weighted by Crippen LogP contribution is 2.26. The Hall–Kier alpha value is -1.81. The molecule has 4 nitrogen and oxygen atoms in total. The van der Waals surface area contributed by atoms with Gasteiger partial charge in [0.1, 0.15) is 6.26 Å². The summed E-state index contributed by atoms with van der Waals surface area (Å²) in [5.74, 6) is -0.243. The van der Waals surface area contributed by atoms with Crippen LogP contribution in [0.4, 0.5) is 0 Å². The van der Waals surface area contributed by atoms with Gasteiger partial charge >= 0.3 is 5.97 Å². The third-order valence-corrected chi connectivity index (χ3v) is 2.33. The summed E-state index contributed by atoms with van der Waals surface area (Å²) < 4.78 is 9.68. The number of halogens is 1. The zero-order valence-electron chi connectivity index (χ0n) is 8.44. The van der Waals surface area contributed by atoms with Gasteiger partial charge in [0.05, 0.1) is 17.7 Å². The molecule has 2 rings (SSSR count). The van der Waals surface area contributed by atoms with Crippen molar-refractivity contribution in [1.29, 1.82) is 0 Å². The van der Waals surface area contributed by atoms with Crippen molar-refractivity contribution in [2.75, 3.05) is 7.11 Å². The topological polar surface area (TPSA) is 52.3 Å². The van der Waals surface area contributed by atoms with E-state index in [9.17, 15) is 4.79 Å². The molecule has 1 aromatic heterocycles. The van der Waals surface area contributed by atoms with Gasteiger partial charge in [-0.15, -0.1) is 0 Å². The second-order valence-electron chi connectivity index (χ2n) is 3.01. The Labute approximate surface area is 96.8 Å². The number of methoxy groups -OCH3 is 1. The summed E-state index contributed by atoms with van der Waals surface area (Å²) in [5.41, 5.74) is 0.761. The Kier molecular flexibility index (Phi) is 2.92. The van der Waals surface area contributed by atoms with Crippen molar-refractivity contribution in [2.45, 2.75) is 0 Å². The molecule has 0 saturated heterocycles. The van der Waals surface area contributed by atoms with Crippen molar-refractivity contribution in [3.63, 3.8) is 0 Å². The summed E-state index contributed by atoms with van der Waals surface area (Å²) in [4.78, 5) is 15.2. The number of carbonyl (C=O) groups excluding carboxylic acids is 1. The van der Waals surface area contributed by atoms with Crippen LogP contribution >= 0.6 is 11.6 Å². The van der Waals surface area contributed by atoms with E-state index in [1.54, 1.807) is 18.2 Å². The van der Waals surface area contributed by atoms with E-state index in [1.165, 1.54) is 13.4 Å². The van der Waals surface area contributed by atoms with Gasteiger partial charge in [-0.05, 0) is 12.1 Å². The normalized spacial score (nSPS) is 10.1. The van der Waals surface area contributed by atoms with Crippen LogP contribution in [0.2, 0.25) is 5.02 Å². The van der Waals surface area contributed by atoms with Gasteiger partial charge in [-0.2, -0.15) is 0 Å². The molecule has 82 valence electrons. The molecule has 0 aliphatic rings. The Morgan fingerprint density at radius 3 is 2.88 bits per heavy atom. The molecule has 0 unspecified atom stereocenters. The molecule has 0 saturated carbocycles. The number of nitrogens with zero attached hydrogens (tertiary/aromatic N) is 1. The van der Waals surface area contributed by atoms with E-state index in [1.807, 2.05) is 6.07 Å². The quantitative estimate of drug-likeness (QED) is 0.754. The largest absolute Gasteiger partial charge is 0.464 e. The first-order valence-electron chi connectivity index (χ1n) is 4.51. The third-order valence-electron chi connectivity index (χ3n) is 2.00. The molecule has 5 heteroatoms. The van der Waals surface area contributed by atoms with Crippen LogP contribution in [-0.2, 0) is 4.74 Å². The molecule has 1 heterocycles. The van der Waals surface area contributed by atoms with Crippen LogP contribution in [0, 0.1) is 0 Å². The maximum Gasteiger partial charge on any atom is 0.360 e.